The standard InChI is InChI=1S/C20H21NO/c1-20-13-7-11-17(20)19(22)21(14-15-8-3-2-4-9-15)18-12-6-5-10-16(18)20/h2-6,8-10,12,17H,7,11,13-14H2,1H3. The molecule has 112 valence electrons. The van der Waals surface area contributed by atoms with Crippen LogP contribution >= 0.6 is 0 Å². The minimum absolute atomic E-state index is 0.0286. The Bertz CT molecular complexity index is 709. The number of fused-ring (bicyclic) bond motifs is 3. The zero-order valence-corrected chi connectivity index (χ0v) is 13.0. The van der Waals surface area contributed by atoms with Crippen LogP contribution < -0.4 is 4.90 Å². The Morgan fingerprint density at radius 2 is 1.82 bits per heavy atom. The molecule has 0 N–H and O–H groups in total. The van der Waals surface area contributed by atoms with Gasteiger partial charge in [-0.3, -0.25) is 4.79 Å². The third-order valence-electron chi connectivity index (χ3n) is 5.52. The number of nitrogens with zero attached hydrogens (tertiary/aromatic N) is 1. The van der Waals surface area contributed by atoms with Crippen LogP contribution in [0.5, 0.6) is 0 Å². The Hall–Kier alpha value is -2.09. The molecule has 1 heterocycles. The average molecular weight is 291 g/mol. The van der Waals surface area contributed by atoms with E-state index in [1.807, 2.05) is 29.2 Å². The molecule has 1 aliphatic heterocycles. The highest BCUT2D eigenvalue weighted by Crippen LogP contribution is 2.52. The summed E-state index contributed by atoms with van der Waals surface area (Å²) in [5, 5.41) is 0. The van der Waals surface area contributed by atoms with E-state index in [0.29, 0.717) is 12.5 Å². The highest BCUT2D eigenvalue weighted by atomic mass is 16.2. The molecule has 2 aliphatic rings. The van der Waals surface area contributed by atoms with E-state index in [1.54, 1.807) is 0 Å². The fourth-order valence-electron chi connectivity index (χ4n) is 4.31. The Kier molecular flexibility index (Phi) is 3.07. The lowest BCUT2D eigenvalue weighted by Crippen LogP contribution is -2.48. The molecule has 1 amide bonds. The molecule has 22 heavy (non-hydrogen) atoms. The van der Waals surface area contributed by atoms with Crippen LogP contribution in [0.25, 0.3) is 0 Å². The summed E-state index contributed by atoms with van der Waals surface area (Å²) in [5.74, 6) is 0.452. The summed E-state index contributed by atoms with van der Waals surface area (Å²) >= 11 is 0. The molecule has 2 heteroatoms. The quantitative estimate of drug-likeness (QED) is 0.808. The first-order valence-electron chi connectivity index (χ1n) is 8.15. The summed E-state index contributed by atoms with van der Waals surface area (Å²) in [5.41, 5.74) is 3.68. The van der Waals surface area contributed by atoms with Crippen molar-refractivity contribution in [2.45, 2.75) is 38.1 Å². The van der Waals surface area contributed by atoms with Crippen molar-refractivity contribution in [3.63, 3.8) is 0 Å². The summed E-state index contributed by atoms with van der Waals surface area (Å²) in [7, 11) is 0. The molecule has 0 spiro atoms. The number of amides is 1. The van der Waals surface area contributed by atoms with Crippen LogP contribution in [0.4, 0.5) is 5.69 Å². The zero-order chi connectivity index (χ0) is 15.2. The van der Waals surface area contributed by atoms with Gasteiger partial charge in [0.1, 0.15) is 0 Å². The zero-order valence-electron chi connectivity index (χ0n) is 13.0. The van der Waals surface area contributed by atoms with Gasteiger partial charge in [-0.15, -0.1) is 0 Å². The molecule has 0 aromatic heterocycles. The van der Waals surface area contributed by atoms with E-state index < -0.39 is 0 Å². The Morgan fingerprint density at radius 3 is 2.64 bits per heavy atom. The summed E-state index contributed by atoms with van der Waals surface area (Å²) in [6, 6.07) is 18.8. The number of hydrogen-bond acceptors (Lipinski definition) is 1. The number of benzene rings is 2. The molecule has 0 saturated heterocycles. The average Bonchev–Trinajstić information content (AvgIpc) is 2.96. The van der Waals surface area contributed by atoms with Crippen molar-refractivity contribution in [3.05, 3.63) is 65.7 Å². The van der Waals surface area contributed by atoms with Crippen LogP contribution in [0.15, 0.2) is 54.6 Å². The van der Waals surface area contributed by atoms with Crippen LogP contribution in [0.3, 0.4) is 0 Å². The molecule has 2 aromatic carbocycles. The fourth-order valence-corrected chi connectivity index (χ4v) is 4.31. The molecule has 1 fully saturated rings. The van der Waals surface area contributed by atoms with Crippen LogP contribution in [-0.2, 0) is 16.8 Å². The number of carbonyl (C=O) groups is 1. The second kappa shape index (κ2) is 4.98. The van der Waals surface area contributed by atoms with Gasteiger partial charge in [0.2, 0.25) is 5.91 Å². The SMILES string of the molecule is CC12CCCC1C(=O)N(Cc1ccccc1)c1ccccc12. The maximum Gasteiger partial charge on any atom is 0.231 e. The molecule has 4 rings (SSSR count). The normalized spacial score (nSPS) is 26.7. The molecular weight excluding hydrogens is 270 g/mol. The molecule has 2 aromatic rings. The minimum atomic E-state index is 0.0286. The molecule has 0 radical (unpaired) electrons. The van der Waals surface area contributed by atoms with Gasteiger partial charge in [-0.05, 0) is 30.0 Å². The predicted octanol–water partition coefficient (Wildman–Crippen LogP) is 4.29. The van der Waals surface area contributed by atoms with Crippen LogP contribution in [-0.4, -0.2) is 5.91 Å². The number of hydrogen-bond donors (Lipinski definition) is 0. The lowest BCUT2D eigenvalue weighted by atomic mass is 9.70. The van der Waals surface area contributed by atoms with Gasteiger partial charge in [-0.25, -0.2) is 0 Å². The van der Waals surface area contributed by atoms with Crippen molar-refractivity contribution in [1.29, 1.82) is 0 Å². The lowest BCUT2D eigenvalue weighted by Gasteiger charge is -2.43. The first-order valence-corrected chi connectivity index (χ1v) is 8.15. The van der Waals surface area contributed by atoms with E-state index in [0.717, 1.165) is 24.9 Å². The van der Waals surface area contributed by atoms with Gasteiger partial charge in [0.25, 0.3) is 0 Å². The highest BCUT2D eigenvalue weighted by Gasteiger charge is 2.50. The van der Waals surface area contributed by atoms with E-state index in [2.05, 4.69) is 37.3 Å². The maximum absolute atomic E-state index is 13.1. The van der Waals surface area contributed by atoms with Gasteiger partial charge >= 0.3 is 0 Å². The number of para-hydroxylation sites is 1. The summed E-state index contributed by atoms with van der Waals surface area (Å²) in [4.78, 5) is 15.1. The van der Waals surface area contributed by atoms with Crippen molar-refractivity contribution < 1.29 is 4.79 Å². The fraction of sp³-hybridized carbons (Fsp3) is 0.350. The maximum atomic E-state index is 13.1. The highest BCUT2D eigenvalue weighted by molar-refractivity contribution is 5.99. The molecular formula is C20H21NO. The van der Waals surface area contributed by atoms with Gasteiger partial charge in [-0.1, -0.05) is 61.9 Å². The first-order chi connectivity index (χ1) is 10.7. The predicted molar refractivity (Wildman–Crippen MR) is 88.8 cm³/mol. The molecule has 2 atom stereocenters. The first kappa shape index (κ1) is 13.6. The van der Waals surface area contributed by atoms with Gasteiger partial charge in [0.15, 0.2) is 0 Å². The monoisotopic (exact) mass is 291 g/mol. The lowest BCUT2D eigenvalue weighted by molar-refractivity contribution is -0.124. The smallest absolute Gasteiger partial charge is 0.231 e. The van der Waals surface area contributed by atoms with Gasteiger partial charge in [0.05, 0.1) is 6.54 Å². The Labute approximate surface area is 131 Å². The molecule has 1 aliphatic carbocycles. The Morgan fingerprint density at radius 1 is 1.09 bits per heavy atom. The number of rotatable bonds is 2. The second-order valence-electron chi connectivity index (χ2n) is 6.79. The van der Waals surface area contributed by atoms with Gasteiger partial charge in [0, 0.05) is 17.0 Å². The van der Waals surface area contributed by atoms with E-state index in [9.17, 15) is 4.79 Å². The van der Waals surface area contributed by atoms with Crippen molar-refractivity contribution >= 4 is 11.6 Å². The van der Waals surface area contributed by atoms with Crippen molar-refractivity contribution in [1.82, 2.24) is 0 Å². The van der Waals surface area contributed by atoms with Crippen LogP contribution in [0, 0.1) is 5.92 Å². The van der Waals surface area contributed by atoms with Crippen LogP contribution in [0.2, 0.25) is 0 Å². The van der Waals surface area contributed by atoms with Crippen molar-refractivity contribution in [2.24, 2.45) is 5.92 Å². The third-order valence-corrected chi connectivity index (χ3v) is 5.52. The van der Waals surface area contributed by atoms with Crippen molar-refractivity contribution in [2.75, 3.05) is 4.90 Å². The van der Waals surface area contributed by atoms with E-state index in [4.69, 9.17) is 0 Å². The molecule has 2 unspecified atom stereocenters. The third kappa shape index (κ3) is 1.90. The van der Waals surface area contributed by atoms with E-state index in [-0.39, 0.29) is 11.3 Å². The molecule has 2 nitrogen and oxygen atoms in total. The minimum Gasteiger partial charge on any atom is -0.307 e. The molecule has 1 saturated carbocycles. The van der Waals surface area contributed by atoms with Crippen LogP contribution in [0.1, 0.15) is 37.3 Å². The van der Waals surface area contributed by atoms with Crippen molar-refractivity contribution in [3.8, 4) is 0 Å². The van der Waals surface area contributed by atoms with E-state index in [1.165, 1.54) is 11.1 Å². The second-order valence-corrected chi connectivity index (χ2v) is 6.79. The summed E-state index contributed by atoms with van der Waals surface area (Å²) in [6.07, 6.45) is 3.30. The largest absolute Gasteiger partial charge is 0.307 e. The summed E-state index contributed by atoms with van der Waals surface area (Å²) < 4.78 is 0. The van der Waals surface area contributed by atoms with Gasteiger partial charge < -0.3 is 4.90 Å². The summed E-state index contributed by atoms with van der Waals surface area (Å²) in [6.45, 7) is 2.95. The molecule has 0 bridgehead atoms. The van der Waals surface area contributed by atoms with E-state index >= 15 is 0 Å². The Balaban J connectivity index is 1.80. The topological polar surface area (TPSA) is 20.3 Å². The number of anilines is 1. The number of carbonyl (C=O) groups excluding carboxylic acids is 1. The van der Waals surface area contributed by atoms with Gasteiger partial charge in [-0.2, -0.15) is 0 Å².